The second kappa shape index (κ2) is 3.37. The Bertz CT molecular complexity index is 260. The van der Waals surface area contributed by atoms with E-state index in [1.807, 2.05) is 32.7 Å². The first kappa shape index (κ1) is 10.7. The fraction of sp³-hybridized carbons (Fsp3) is 0.909. The number of hydrogen-bond acceptors (Lipinski definition) is 3. The van der Waals surface area contributed by atoms with E-state index in [2.05, 4.69) is 5.32 Å². The Hall–Kier alpha value is -0.770. The molecule has 0 unspecified atom stereocenters. The van der Waals surface area contributed by atoms with Gasteiger partial charge in [-0.05, 0) is 39.7 Å². The maximum absolute atomic E-state index is 11.7. The fourth-order valence-electron chi connectivity index (χ4n) is 2.43. The monoisotopic (exact) mass is 212 g/mol. The van der Waals surface area contributed by atoms with E-state index in [0.717, 1.165) is 13.1 Å². The third-order valence-electron chi connectivity index (χ3n) is 3.18. The second-order valence-electron chi connectivity index (χ2n) is 5.53. The van der Waals surface area contributed by atoms with Crippen LogP contribution in [0.25, 0.3) is 0 Å². The standard InChI is InChI=1S/C11H20N2O2/c1-11(2,3)15-10(14)13-5-7-8(6-13)9(7)12-4/h7-9,12H,5-6H2,1-4H3/t7-,8+,9+. The van der Waals surface area contributed by atoms with Crippen molar-refractivity contribution in [1.29, 1.82) is 0 Å². The average Bonchev–Trinajstić information content (AvgIpc) is 2.54. The number of rotatable bonds is 1. The first-order chi connectivity index (χ1) is 6.92. The molecule has 15 heavy (non-hydrogen) atoms. The van der Waals surface area contributed by atoms with Crippen LogP contribution in [0.1, 0.15) is 20.8 Å². The Labute approximate surface area is 91.0 Å². The maximum Gasteiger partial charge on any atom is 0.410 e. The number of carbonyl (C=O) groups excluding carboxylic acids is 1. The molecule has 2 rings (SSSR count). The summed E-state index contributed by atoms with van der Waals surface area (Å²) < 4.78 is 5.33. The van der Waals surface area contributed by atoms with E-state index in [1.165, 1.54) is 0 Å². The predicted octanol–water partition coefficient (Wildman–Crippen LogP) is 1.07. The van der Waals surface area contributed by atoms with Crippen molar-refractivity contribution in [2.24, 2.45) is 11.8 Å². The lowest BCUT2D eigenvalue weighted by Gasteiger charge is -2.25. The number of fused-ring (bicyclic) bond motifs is 1. The molecular formula is C11H20N2O2. The van der Waals surface area contributed by atoms with Crippen molar-refractivity contribution in [2.75, 3.05) is 20.1 Å². The van der Waals surface area contributed by atoms with Gasteiger partial charge in [0.2, 0.25) is 0 Å². The van der Waals surface area contributed by atoms with Crippen LogP contribution < -0.4 is 5.32 Å². The molecule has 1 aliphatic carbocycles. The first-order valence-corrected chi connectivity index (χ1v) is 5.57. The molecule has 0 bridgehead atoms. The van der Waals surface area contributed by atoms with Gasteiger partial charge in [0.1, 0.15) is 5.60 Å². The van der Waals surface area contributed by atoms with E-state index < -0.39 is 0 Å². The highest BCUT2D eigenvalue weighted by molar-refractivity contribution is 5.69. The Morgan fingerprint density at radius 1 is 1.33 bits per heavy atom. The van der Waals surface area contributed by atoms with Gasteiger partial charge in [-0.25, -0.2) is 4.79 Å². The Morgan fingerprint density at radius 3 is 2.27 bits per heavy atom. The van der Waals surface area contributed by atoms with Crippen molar-refractivity contribution in [3.63, 3.8) is 0 Å². The van der Waals surface area contributed by atoms with E-state index in [0.29, 0.717) is 17.9 Å². The van der Waals surface area contributed by atoms with Gasteiger partial charge in [-0.15, -0.1) is 0 Å². The molecule has 0 radical (unpaired) electrons. The molecule has 0 aromatic carbocycles. The Kier molecular flexibility index (Phi) is 2.41. The molecule has 1 aliphatic heterocycles. The molecule has 1 amide bonds. The Morgan fingerprint density at radius 2 is 1.87 bits per heavy atom. The summed E-state index contributed by atoms with van der Waals surface area (Å²) in [5, 5.41) is 3.27. The minimum atomic E-state index is -0.383. The van der Waals surface area contributed by atoms with Crippen molar-refractivity contribution in [3.05, 3.63) is 0 Å². The number of ether oxygens (including phenoxy) is 1. The molecule has 1 heterocycles. The van der Waals surface area contributed by atoms with Crippen LogP contribution in [0.15, 0.2) is 0 Å². The van der Waals surface area contributed by atoms with Crippen LogP contribution in [-0.2, 0) is 4.74 Å². The van der Waals surface area contributed by atoms with Gasteiger partial charge in [0, 0.05) is 19.1 Å². The van der Waals surface area contributed by atoms with Crippen molar-refractivity contribution >= 4 is 6.09 Å². The first-order valence-electron chi connectivity index (χ1n) is 5.57. The summed E-state index contributed by atoms with van der Waals surface area (Å²) in [6.45, 7) is 7.41. The van der Waals surface area contributed by atoms with Gasteiger partial charge in [0.15, 0.2) is 0 Å². The maximum atomic E-state index is 11.7. The van der Waals surface area contributed by atoms with Crippen LogP contribution in [0, 0.1) is 11.8 Å². The third kappa shape index (κ3) is 2.09. The molecule has 86 valence electrons. The van der Waals surface area contributed by atoms with Crippen LogP contribution in [0.5, 0.6) is 0 Å². The number of carbonyl (C=O) groups is 1. The topological polar surface area (TPSA) is 41.6 Å². The van der Waals surface area contributed by atoms with Crippen LogP contribution in [0.3, 0.4) is 0 Å². The molecule has 1 N–H and O–H groups in total. The zero-order chi connectivity index (χ0) is 11.2. The highest BCUT2D eigenvalue weighted by Gasteiger charge is 2.56. The summed E-state index contributed by atoms with van der Waals surface area (Å²) in [5.74, 6) is 1.31. The number of likely N-dealkylation sites (tertiary alicyclic amines) is 1. The smallest absolute Gasteiger partial charge is 0.410 e. The summed E-state index contributed by atoms with van der Waals surface area (Å²) in [4.78, 5) is 13.5. The van der Waals surface area contributed by atoms with Crippen LogP contribution in [0.2, 0.25) is 0 Å². The molecule has 4 nitrogen and oxygen atoms in total. The summed E-state index contributed by atoms with van der Waals surface area (Å²) >= 11 is 0. The van der Waals surface area contributed by atoms with Crippen molar-refractivity contribution < 1.29 is 9.53 Å². The average molecular weight is 212 g/mol. The SMILES string of the molecule is CN[C@H]1[C@@H]2CN(C(=O)OC(C)(C)C)C[C@@H]21. The largest absolute Gasteiger partial charge is 0.444 e. The third-order valence-corrected chi connectivity index (χ3v) is 3.18. The molecule has 1 saturated heterocycles. The van der Waals surface area contributed by atoms with Gasteiger partial charge in [-0.2, -0.15) is 0 Å². The predicted molar refractivity (Wildman–Crippen MR) is 57.6 cm³/mol. The van der Waals surface area contributed by atoms with E-state index in [4.69, 9.17) is 4.74 Å². The van der Waals surface area contributed by atoms with Gasteiger partial charge < -0.3 is 15.0 Å². The van der Waals surface area contributed by atoms with Crippen molar-refractivity contribution in [3.8, 4) is 0 Å². The summed E-state index contributed by atoms with van der Waals surface area (Å²) in [7, 11) is 1.99. The van der Waals surface area contributed by atoms with Gasteiger partial charge in [0.25, 0.3) is 0 Å². The molecular weight excluding hydrogens is 192 g/mol. The molecule has 3 atom stereocenters. The zero-order valence-corrected chi connectivity index (χ0v) is 9.91. The summed E-state index contributed by atoms with van der Waals surface area (Å²) in [6.07, 6.45) is -0.162. The van der Waals surface area contributed by atoms with E-state index in [9.17, 15) is 4.79 Å². The number of piperidine rings is 1. The van der Waals surface area contributed by atoms with Gasteiger partial charge in [-0.3, -0.25) is 0 Å². The van der Waals surface area contributed by atoms with E-state index in [-0.39, 0.29) is 11.7 Å². The lowest BCUT2D eigenvalue weighted by atomic mass is 10.2. The lowest BCUT2D eigenvalue weighted by Crippen LogP contribution is -2.38. The molecule has 4 heteroatoms. The zero-order valence-electron chi connectivity index (χ0n) is 9.91. The van der Waals surface area contributed by atoms with Crippen LogP contribution in [-0.4, -0.2) is 42.8 Å². The highest BCUT2D eigenvalue weighted by atomic mass is 16.6. The molecule has 1 saturated carbocycles. The minimum absolute atomic E-state index is 0.162. The van der Waals surface area contributed by atoms with Crippen LogP contribution in [0.4, 0.5) is 4.79 Å². The normalized spacial score (nSPS) is 33.9. The quantitative estimate of drug-likeness (QED) is 0.707. The summed E-state index contributed by atoms with van der Waals surface area (Å²) in [6, 6.07) is 0.628. The van der Waals surface area contributed by atoms with E-state index in [1.54, 1.807) is 0 Å². The van der Waals surface area contributed by atoms with Gasteiger partial charge >= 0.3 is 6.09 Å². The number of nitrogens with one attached hydrogen (secondary N) is 1. The minimum Gasteiger partial charge on any atom is -0.444 e. The molecule has 0 aromatic heterocycles. The highest BCUT2D eigenvalue weighted by Crippen LogP contribution is 2.45. The molecule has 2 aliphatic rings. The Balaban J connectivity index is 1.82. The number of hydrogen-bond donors (Lipinski definition) is 1. The molecule has 0 spiro atoms. The van der Waals surface area contributed by atoms with Crippen LogP contribution >= 0.6 is 0 Å². The van der Waals surface area contributed by atoms with Gasteiger partial charge in [0.05, 0.1) is 0 Å². The van der Waals surface area contributed by atoms with E-state index >= 15 is 0 Å². The lowest BCUT2D eigenvalue weighted by molar-refractivity contribution is 0.0270. The molecule has 0 aromatic rings. The van der Waals surface area contributed by atoms with Crippen molar-refractivity contribution in [2.45, 2.75) is 32.4 Å². The number of amides is 1. The van der Waals surface area contributed by atoms with Gasteiger partial charge in [-0.1, -0.05) is 0 Å². The molecule has 2 fully saturated rings. The summed E-state index contributed by atoms with van der Waals surface area (Å²) in [5.41, 5.74) is -0.383. The number of nitrogens with zero attached hydrogens (tertiary/aromatic N) is 1. The fourth-order valence-corrected chi connectivity index (χ4v) is 2.43. The second-order valence-corrected chi connectivity index (χ2v) is 5.53. The van der Waals surface area contributed by atoms with Crippen molar-refractivity contribution in [1.82, 2.24) is 10.2 Å².